The van der Waals surface area contributed by atoms with Gasteiger partial charge in [0, 0.05) is 10.9 Å². The van der Waals surface area contributed by atoms with Crippen LogP contribution in [0.3, 0.4) is 0 Å². The molecule has 2 heterocycles. The van der Waals surface area contributed by atoms with Crippen LogP contribution in [-0.4, -0.2) is 26.6 Å². The molecule has 0 amide bonds. The van der Waals surface area contributed by atoms with Crippen molar-refractivity contribution < 1.29 is 9.66 Å². The predicted molar refractivity (Wildman–Crippen MR) is 82.1 cm³/mol. The van der Waals surface area contributed by atoms with Gasteiger partial charge in [0.25, 0.3) is 0 Å². The molecular formula is C14H12N4O3S. The molecule has 0 spiro atoms. The third kappa shape index (κ3) is 2.96. The Morgan fingerprint density at radius 2 is 2.32 bits per heavy atom. The van der Waals surface area contributed by atoms with Gasteiger partial charge in [0.2, 0.25) is 6.33 Å². The third-order valence-electron chi connectivity index (χ3n) is 3.02. The zero-order chi connectivity index (χ0) is 15.5. The highest BCUT2D eigenvalue weighted by Crippen LogP contribution is 2.27. The van der Waals surface area contributed by atoms with Crippen LogP contribution in [0.4, 0.5) is 5.82 Å². The lowest BCUT2D eigenvalue weighted by atomic mass is 10.2. The Kier molecular flexibility index (Phi) is 3.84. The van der Waals surface area contributed by atoms with Gasteiger partial charge in [0.15, 0.2) is 0 Å². The summed E-state index contributed by atoms with van der Waals surface area (Å²) in [5.41, 5.74) is 1.81. The smallest absolute Gasteiger partial charge is 0.381 e. The lowest BCUT2D eigenvalue weighted by Crippen LogP contribution is -1.96. The van der Waals surface area contributed by atoms with E-state index in [4.69, 9.17) is 4.74 Å². The molecule has 0 aliphatic carbocycles. The maximum Gasteiger partial charge on any atom is 0.381 e. The van der Waals surface area contributed by atoms with Crippen LogP contribution in [0.1, 0.15) is 5.69 Å². The molecule has 0 saturated heterocycles. The second kappa shape index (κ2) is 5.94. The van der Waals surface area contributed by atoms with Crippen LogP contribution in [0, 0.1) is 10.1 Å². The van der Waals surface area contributed by atoms with Crippen molar-refractivity contribution in [1.29, 1.82) is 0 Å². The summed E-state index contributed by atoms with van der Waals surface area (Å²) in [4.78, 5) is 18.4. The lowest BCUT2D eigenvalue weighted by Gasteiger charge is -2.01. The standard InChI is InChI=1S/C14H12N4O3S/c1-21-12-4-2-3-10(5-12)14-16-11(8-22-14)6-17-7-13(15-9-17)18(19)20/h2-5,7-9H,6H2,1H3. The Labute approximate surface area is 130 Å². The van der Waals surface area contributed by atoms with E-state index in [9.17, 15) is 10.1 Å². The second-order valence-electron chi connectivity index (χ2n) is 4.54. The first-order chi connectivity index (χ1) is 10.7. The van der Waals surface area contributed by atoms with Crippen molar-refractivity contribution in [3.05, 3.63) is 58.0 Å². The lowest BCUT2D eigenvalue weighted by molar-refractivity contribution is -0.389. The molecule has 22 heavy (non-hydrogen) atoms. The van der Waals surface area contributed by atoms with Crippen molar-refractivity contribution in [2.45, 2.75) is 6.54 Å². The number of aromatic nitrogens is 3. The maximum atomic E-state index is 10.6. The average Bonchev–Trinajstić information content (AvgIpc) is 3.17. The minimum atomic E-state index is -0.515. The van der Waals surface area contributed by atoms with Gasteiger partial charge in [-0.25, -0.2) is 4.98 Å². The minimum Gasteiger partial charge on any atom is -0.497 e. The molecule has 0 radical (unpaired) electrons. The van der Waals surface area contributed by atoms with Gasteiger partial charge in [0.05, 0.1) is 19.3 Å². The number of methoxy groups -OCH3 is 1. The number of hydrogen-bond donors (Lipinski definition) is 0. The SMILES string of the molecule is COc1cccc(-c2nc(Cn3cnc([N+](=O)[O-])c3)cs2)c1. The van der Waals surface area contributed by atoms with E-state index in [1.54, 1.807) is 11.7 Å². The molecule has 0 saturated carbocycles. The summed E-state index contributed by atoms with van der Waals surface area (Å²) in [5, 5.41) is 13.4. The number of thiazole rings is 1. The summed E-state index contributed by atoms with van der Waals surface area (Å²) in [6.07, 6.45) is 2.83. The van der Waals surface area contributed by atoms with Gasteiger partial charge in [-0.05, 0) is 22.0 Å². The van der Waals surface area contributed by atoms with Gasteiger partial charge < -0.3 is 19.4 Å². The highest BCUT2D eigenvalue weighted by Gasteiger charge is 2.11. The molecule has 8 heteroatoms. The number of ether oxygens (including phenoxy) is 1. The molecule has 112 valence electrons. The van der Waals surface area contributed by atoms with Crippen LogP contribution < -0.4 is 4.74 Å². The molecule has 2 aromatic heterocycles. The molecule has 7 nitrogen and oxygen atoms in total. The Morgan fingerprint density at radius 3 is 3.05 bits per heavy atom. The van der Waals surface area contributed by atoms with E-state index in [0.29, 0.717) is 6.54 Å². The monoisotopic (exact) mass is 316 g/mol. The van der Waals surface area contributed by atoms with Gasteiger partial charge in [0.1, 0.15) is 17.0 Å². The summed E-state index contributed by atoms with van der Waals surface area (Å²) in [6, 6.07) is 7.68. The number of benzene rings is 1. The summed E-state index contributed by atoms with van der Waals surface area (Å²) in [5.74, 6) is 0.614. The first kappa shape index (κ1) is 14.2. The minimum absolute atomic E-state index is 0.164. The van der Waals surface area contributed by atoms with Crippen LogP contribution in [0.2, 0.25) is 0 Å². The number of nitro groups is 1. The largest absolute Gasteiger partial charge is 0.497 e. The molecule has 0 bridgehead atoms. The molecule has 0 aliphatic heterocycles. The molecule has 0 fully saturated rings. The molecular weight excluding hydrogens is 304 g/mol. The van der Waals surface area contributed by atoms with Crippen molar-refractivity contribution in [1.82, 2.24) is 14.5 Å². The number of nitrogens with zero attached hydrogens (tertiary/aromatic N) is 4. The molecule has 0 N–H and O–H groups in total. The van der Waals surface area contributed by atoms with E-state index in [2.05, 4.69) is 9.97 Å². The highest BCUT2D eigenvalue weighted by molar-refractivity contribution is 7.13. The van der Waals surface area contributed by atoms with Crippen LogP contribution in [-0.2, 0) is 6.54 Å². The number of hydrogen-bond acceptors (Lipinski definition) is 6. The topological polar surface area (TPSA) is 83.1 Å². The average molecular weight is 316 g/mol. The fourth-order valence-electron chi connectivity index (χ4n) is 1.98. The molecule has 3 aromatic rings. The summed E-state index contributed by atoms with van der Waals surface area (Å²) in [7, 11) is 1.62. The van der Waals surface area contributed by atoms with Crippen molar-refractivity contribution in [3.63, 3.8) is 0 Å². The van der Waals surface area contributed by atoms with Crippen LogP contribution in [0.5, 0.6) is 5.75 Å². The van der Waals surface area contributed by atoms with E-state index >= 15 is 0 Å². The molecule has 1 aromatic carbocycles. The van der Waals surface area contributed by atoms with Crippen LogP contribution in [0.15, 0.2) is 42.2 Å². The van der Waals surface area contributed by atoms with E-state index in [1.165, 1.54) is 23.9 Å². The van der Waals surface area contributed by atoms with Crippen LogP contribution in [0.25, 0.3) is 10.6 Å². The highest BCUT2D eigenvalue weighted by atomic mass is 32.1. The molecule has 0 atom stereocenters. The maximum absolute atomic E-state index is 10.6. The third-order valence-corrected chi connectivity index (χ3v) is 3.96. The van der Waals surface area contributed by atoms with Crippen molar-refractivity contribution >= 4 is 17.2 Å². The second-order valence-corrected chi connectivity index (χ2v) is 5.40. The zero-order valence-corrected chi connectivity index (χ0v) is 12.5. The normalized spacial score (nSPS) is 10.6. The summed E-state index contributed by atoms with van der Waals surface area (Å²) < 4.78 is 6.85. The predicted octanol–water partition coefficient (Wildman–Crippen LogP) is 2.97. The van der Waals surface area contributed by atoms with Gasteiger partial charge in [-0.2, -0.15) is 0 Å². The van der Waals surface area contributed by atoms with Crippen molar-refractivity contribution in [3.8, 4) is 16.3 Å². The Hall–Kier alpha value is -2.74. The van der Waals surface area contributed by atoms with E-state index < -0.39 is 4.92 Å². The van der Waals surface area contributed by atoms with Gasteiger partial charge in [-0.15, -0.1) is 11.3 Å². The van der Waals surface area contributed by atoms with E-state index in [1.807, 2.05) is 29.6 Å². The molecule has 0 aliphatic rings. The molecule has 0 unspecified atom stereocenters. The quantitative estimate of drug-likeness (QED) is 0.534. The fourth-order valence-corrected chi connectivity index (χ4v) is 2.79. The number of imidazole rings is 1. The van der Waals surface area contributed by atoms with Gasteiger partial charge in [-0.3, -0.25) is 0 Å². The van der Waals surface area contributed by atoms with Gasteiger partial charge in [-0.1, -0.05) is 12.1 Å². The first-order valence-electron chi connectivity index (χ1n) is 6.40. The van der Waals surface area contributed by atoms with Crippen molar-refractivity contribution in [2.24, 2.45) is 0 Å². The van der Waals surface area contributed by atoms with Crippen molar-refractivity contribution in [2.75, 3.05) is 7.11 Å². The fraction of sp³-hybridized carbons (Fsp3) is 0.143. The van der Waals surface area contributed by atoms with E-state index in [-0.39, 0.29) is 5.82 Å². The Balaban J connectivity index is 1.79. The molecule has 3 rings (SSSR count). The Bertz CT molecular complexity index is 812. The number of rotatable bonds is 5. The Morgan fingerprint density at radius 1 is 1.45 bits per heavy atom. The summed E-state index contributed by atoms with van der Waals surface area (Å²) in [6.45, 7) is 0.446. The zero-order valence-electron chi connectivity index (χ0n) is 11.7. The first-order valence-corrected chi connectivity index (χ1v) is 7.28. The summed E-state index contributed by atoms with van der Waals surface area (Å²) >= 11 is 1.52. The van der Waals surface area contributed by atoms with Crippen LogP contribution >= 0.6 is 11.3 Å². The van der Waals surface area contributed by atoms with Gasteiger partial charge >= 0.3 is 5.82 Å². The van der Waals surface area contributed by atoms with E-state index in [0.717, 1.165) is 22.0 Å².